The van der Waals surface area contributed by atoms with Crippen LogP contribution < -0.4 is 4.72 Å². The third-order valence-electron chi connectivity index (χ3n) is 4.68. The second-order valence-corrected chi connectivity index (χ2v) is 8.39. The van der Waals surface area contributed by atoms with E-state index < -0.39 is 15.6 Å². The summed E-state index contributed by atoms with van der Waals surface area (Å²) in [5.74, 6) is 0.0988. The molecule has 128 valence electrons. The predicted octanol–water partition coefficient (Wildman–Crippen LogP) is 2.88. The Morgan fingerprint density at radius 1 is 1.12 bits per heavy atom. The molecule has 1 unspecified atom stereocenters. The van der Waals surface area contributed by atoms with Gasteiger partial charge in [0.2, 0.25) is 10.0 Å². The summed E-state index contributed by atoms with van der Waals surface area (Å²) in [6.07, 6.45) is 1.83. The Hall–Kier alpha value is -1.69. The van der Waals surface area contributed by atoms with E-state index in [1.807, 2.05) is 43.3 Å². The summed E-state index contributed by atoms with van der Waals surface area (Å²) in [5.41, 5.74) is 1.32. The summed E-state index contributed by atoms with van der Waals surface area (Å²) in [4.78, 5) is 0.263. The minimum Gasteiger partial charge on any atom is -0.383 e. The van der Waals surface area contributed by atoms with Crippen LogP contribution in [-0.2, 0) is 15.6 Å². The van der Waals surface area contributed by atoms with Crippen molar-refractivity contribution >= 4 is 10.0 Å². The van der Waals surface area contributed by atoms with Crippen LogP contribution in [0.2, 0.25) is 0 Å². The molecule has 5 heteroatoms. The van der Waals surface area contributed by atoms with Crippen molar-refractivity contribution < 1.29 is 13.5 Å². The van der Waals surface area contributed by atoms with Gasteiger partial charge in [0.1, 0.15) is 5.60 Å². The molecule has 24 heavy (non-hydrogen) atoms. The lowest BCUT2D eigenvalue weighted by Gasteiger charge is -2.29. The maximum absolute atomic E-state index is 12.7. The summed E-state index contributed by atoms with van der Waals surface area (Å²) >= 11 is 0. The SMILES string of the molecule is Cc1ccc(S(=O)(=O)NCC(O)(c2ccccc2)C2CC2)c(C)c1. The molecule has 1 saturated carbocycles. The van der Waals surface area contributed by atoms with Gasteiger partial charge in [-0.05, 0) is 49.8 Å². The normalized spacial score (nSPS) is 17.5. The molecule has 4 nitrogen and oxygen atoms in total. The highest BCUT2D eigenvalue weighted by atomic mass is 32.2. The molecule has 0 amide bonds. The van der Waals surface area contributed by atoms with E-state index in [-0.39, 0.29) is 17.4 Å². The van der Waals surface area contributed by atoms with Gasteiger partial charge in [0, 0.05) is 6.54 Å². The number of hydrogen-bond donors (Lipinski definition) is 2. The number of rotatable bonds is 6. The largest absolute Gasteiger partial charge is 0.383 e. The van der Waals surface area contributed by atoms with Crippen molar-refractivity contribution in [2.45, 2.75) is 37.2 Å². The molecule has 2 aromatic carbocycles. The van der Waals surface area contributed by atoms with Crippen molar-refractivity contribution in [1.82, 2.24) is 4.72 Å². The van der Waals surface area contributed by atoms with E-state index in [9.17, 15) is 13.5 Å². The fourth-order valence-corrected chi connectivity index (χ4v) is 4.45. The van der Waals surface area contributed by atoms with Gasteiger partial charge in [0.15, 0.2) is 0 Å². The molecule has 0 bridgehead atoms. The standard InChI is InChI=1S/C19H23NO3S/c1-14-8-11-18(15(2)12-14)24(22,23)20-13-19(21,17-9-10-17)16-6-4-3-5-7-16/h3-8,11-12,17,20-21H,9-10,13H2,1-2H3. The zero-order chi connectivity index (χ0) is 17.4. The second-order valence-electron chi connectivity index (χ2n) is 6.66. The van der Waals surface area contributed by atoms with E-state index in [0.29, 0.717) is 5.56 Å². The number of aliphatic hydroxyl groups is 1. The first kappa shape index (κ1) is 17.1. The number of hydrogen-bond acceptors (Lipinski definition) is 3. The molecule has 0 saturated heterocycles. The first-order valence-electron chi connectivity index (χ1n) is 8.18. The van der Waals surface area contributed by atoms with Crippen LogP contribution in [0, 0.1) is 19.8 Å². The summed E-state index contributed by atoms with van der Waals surface area (Å²) in [6, 6.07) is 14.6. The highest BCUT2D eigenvalue weighted by Gasteiger charge is 2.45. The van der Waals surface area contributed by atoms with Gasteiger partial charge in [-0.3, -0.25) is 0 Å². The summed E-state index contributed by atoms with van der Waals surface area (Å²) in [5, 5.41) is 11.1. The van der Waals surface area contributed by atoms with E-state index in [1.54, 1.807) is 19.1 Å². The fraction of sp³-hybridized carbons (Fsp3) is 0.368. The van der Waals surface area contributed by atoms with Gasteiger partial charge >= 0.3 is 0 Å². The zero-order valence-corrected chi connectivity index (χ0v) is 14.8. The highest BCUT2D eigenvalue weighted by Crippen LogP contribution is 2.45. The molecular formula is C19H23NO3S. The van der Waals surface area contributed by atoms with Gasteiger partial charge in [0.05, 0.1) is 4.90 Å². The molecule has 3 rings (SSSR count). The second kappa shape index (κ2) is 6.31. The maximum atomic E-state index is 12.7. The van der Waals surface area contributed by atoms with Crippen molar-refractivity contribution in [2.75, 3.05) is 6.54 Å². The molecule has 2 aromatic rings. The molecule has 1 atom stereocenters. The van der Waals surface area contributed by atoms with E-state index in [0.717, 1.165) is 24.0 Å². The van der Waals surface area contributed by atoms with E-state index in [4.69, 9.17) is 0 Å². The third kappa shape index (κ3) is 3.38. The summed E-state index contributed by atoms with van der Waals surface area (Å²) < 4.78 is 27.9. The van der Waals surface area contributed by atoms with Crippen molar-refractivity contribution in [2.24, 2.45) is 5.92 Å². The molecule has 0 radical (unpaired) electrons. The number of nitrogens with one attached hydrogen (secondary N) is 1. The van der Waals surface area contributed by atoms with Crippen LogP contribution in [0.1, 0.15) is 29.5 Å². The summed E-state index contributed by atoms with van der Waals surface area (Å²) in [7, 11) is -3.66. The van der Waals surface area contributed by atoms with Crippen LogP contribution >= 0.6 is 0 Å². The maximum Gasteiger partial charge on any atom is 0.240 e. The molecule has 1 aliphatic carbocycles. The zero-order valence-electron chi connectivity index (χ0n) is 14.0. The molecule has 2 N–H and O–H groups in total. The number of benzene rings is 2. The van der Waals surface area contributed by atoms with Crippen LogP contribution in [0.4, 0.5) is 0 Å². The topological polar surface area (TPSA) is 66.4 Å². The van der Waals surface area contributed by atoms with Crippen molar-refractivity contribution in [3.63, 3.8) is 0 Å². The van der Waals surface area contributed by atoms with Crippen molar-refractivity contribution in [3.05, 3.63) is 65.2 Å². The lowest BCUT2D eigenvalue weighted by atomic mass is 9.89. The van der Waals surface area contributed by atoms with Crippen molar-refractivity contribution in [3.8, 4) is 0 Å². The average molecular weight is 345 g/mol. The Labute approximate surface area is 143 Å². The lowest BCUT2D eigenvalue weighted by Crippen LogP contribution is -2.42. The Morgan fingerprint density at radius 3 is 2.38 bits per heavy atom. The molecule has 0 heterocycles. The lowest BCUT2D eigenvalue weighted by molar-refractivity contribution is 0.0185. The molecular weight excluding hydrogens is 322 g/mol. The molecule has 1 aliphatic rings. The Kier molecular flexibility index (Phi) is 4.51. The van der Waals surface area contributed by atoms with E-state index in [2.05, 4.69) is 4.72 Å². The van der Waals surface area contributed by atoms with Crippen LogP contribution in [0.3, 0.4) is 0 Å². The molecule has 0 aromatic heterocycles. The first-order chi connectivity index (χ1) is 11.3. The summed E-state index contributed by atoms with van der Waals surface area (Å²) in [6.45, 7) is 3.70. The molecule has 0 spiro atoms. The quantitative estimate of drug-likeness (QED) is 0.846. The van der Waals surface area contributed by atoms with Gasteiger partial charge in [-0.25, -0.2) is 13.1 Å². The molecule has 1 fully saturated rings. The third-order valence-corrected chi connectivity index (χ3v) is 6.24. The first-order valence-corrected chi connectivity index (χ1v) is 9.66. The highest BCUT2D eigenvalue weighted by molar-refractivity contribution is 7.89. The van der Waals surface area contributed by atoms with Crippen LogP contribution in [0.15, 0.2) is 53.4 Å². The van der Waals surface area contributed by atoms with E-state index in [1.165, 1.54) is 0 Å². The smallest absolute Gasteiger partial charge is 0.240 e. The van der Waals surface area contributed by atoms with Gasteiger partial charge < -0.3 is 5.11 Å². The minimum absolute atomic E-state index is 0.0165. The van der Waals surface area contributed by atoms with Crippen LogP contribution in [0.25, 0.3) is 0 Å². The number of aryl methyl sites for hydroxylation is 2. The van der Waals surface area contributed by atoms with E-state index >= 15 is 0 Å². The fourth-order valence-electron chi connectivity index (χ4n) is 3.15. The Bertz CT molecular complexity index is 829. The van der Waals surface area contributed by atoms with Gasteiger partial charge in [0.25, 0.3) is 0 Å². The van der Waals surface area contributed by atoms with Crippen LogP contribution in [-0.4, -0.2) is 20.1 Å². The predicted molar refractivity (Wildman–Crippen MR) is 94.2 cm³/mol. The monoisotopic (exact) mass is 345 g/mol. The van der Waals surface area contributed by atoms with Crippen LogP contribution in [0.5, 0.6) is 0 Å². The Balaban J connectivity index is 1.85. The van der Waals surface area contributed by atoms with Gasteiger partial charge in [-0.15, -0.1) is 0 Å². The number of sulfonamides is 1. The minimum atomic E-state index is -3.66. The van der Waals surface area contributed by atoms with Gasteiger partial charge in [-0.2, -0.15) is 0 Å². The molecule has 0 aliphatic heterocycles. The van der Waals surface area contributed by atoms with Gasteiger partial charge in [-0.1, -0.05) is 48.0 Å². The van der Waals surface area contributed by atoms with Crippen molar-refractivity contribution in [1.29, 1.82) is 0 Å². The Morgan fingerprint density at radius 2 is 1.79 bits per heavy atom. The average Bonchev–Trinajstić information content (AvgIpc) is 3.38.